The number of aryl methyl sites for hydroxylation is 1. The number of hydrogen-bond acceptors (Lipinski definition) is 4. The third-order valence-corrected chi connectivity index (χ3v) is 3.00. The highest BCUT2D eigenvalue weighted by Gasteiger charge is 2.05. The number of nitrogens with one attached hydrogen (secondary N) is 1. The second-order valence-corrected chi connectivity index (χ2v) is 5.76. The summed E-state index contributed by atoms with van der Waals surface area (Å²) in [5, 5.41) is 13.1. The Morgan fingerprint density at radius 2 is 1.95 bits per heavy atom. The maximum Gasteiger partial charge on any atom is 0.122 e. The van der Waals surface area contributed by atoms with Crippen molar-refractivity contribution in [3.63, 3.8) is 0 Å². The lowest BCUT2D eigenvalue weighted by atomic mass is 10.2. The molecule has 0 saturated heterocycles. The fourth-order valence-electron chi connectivity index (χ4n) is 1.85. The summed E-state index contributed by atoms with van der Waals surface area (Å²) in [6, 6.07) is 7.82. The predicted molar refractivity (Wildman–Crippen MR) is 85.8 cm³/mol. The first-order valence-electron chi connectivity index (χ1n) is 7.74. The van der Waals surface area contributed by atoms with Gasteiger partial charge in [0.15, 0.2) is 0 Å². The van der Waals surface area contributed by atoms with Gasteiger partial charge < -0.3 is 19.9 Å². The molecule has 0 aliphatic rings. The van der Waals surface area contributed by atoms with Crippen molar-refractivity contribution >= 4 is 0 Å². The first-order chi connectivity index (χ1) is 10.1. The van der Waals surface area contributed by atoms with Gasteiger partial charge >= 0.3 is 0 Å². The highest BCUT2D eigenvalue weighted by atomic mass is 16.5. The third-order valence-electron chi connectivity index (χ3n) is 3.00. The maximum absolute atomic E-state index is 9.86. The van der Waals surface area contributed by atoms with Gasteiger partial charge in [-0.2, -0.15) is 0 Å². The van der Waals surface area contributed by atoms with Crippen molar-refractivity contribution in [2.24, 2.45) is 5.92 Å². The largest absolute Gasteiger partial charge is 0.491 e. The minimum atomic E-state index is -0.499. The summed E-state index contributed by atoms with van der Waals surface area (Å²) in [6.07, 6.45) is 0.458. The van der Waals surface area contributed by atoms with E-state index in [0.29, 0.717) is 19.1 Å². The van der Waals surface area contributed by atoms with E-state index in [1.54, 1.807) is 0 Å². The monoisotopic (exact) mass is 295 g/mol. The van der Waals surface area contributed by atoms with Crippen LogP contribution in [0.4, 0.5) is 0 Å². The van der Waals surface area contributed by atoms with Crippen LogP contribution in [-0.4, -0.2) is 44.1 Å². The molecule has 1 atom stereocenters. The van der Waals surface area contributed by atoms with E-state index >= 15 is 0 Å². The van der Waals surface area contributed by atoms with Gasteiger partial charge in [0.25, 0.3) is 0 Å². The number of rotatable bonds is 11. The molecule has 4 heteroatoms. The molecule has 0 aromatic heterocycles. The second-order valence-electron chi connectivity index (χ2n) is 5.76. The van der Waals surface area contributed by atoms with Crippen LogP contribution in [-0.2, 0) is 4.74 Å². The van der Waals surface area contributed by atoms with Gasteiger partial charge in [-0.05, 0) is 37.4 Å². The Kier molecular flexibility index (Phi) is 9.06. The molecule has 1 aromatic carbocycles. The van der Waals surface area contributed by atoms with Gasteiger partial charge in [0.2, 0.25) is 0 Å². The quantitative estimate of drug-likeness (QED) is 0.616. The smallest absolute Gasteiger partial charge is 0.122 e. The summed E-state index contributed by atoms with van der Waals surface area (Å²) in [6.45, 7) is 9.55. The third kappa shape index (κ3) is 8.71. The topological polar surface area (TPSA) is 50.7 Å². The number of aliphatic hydroxyl groups excluding tert-OH is 1. The molecular formula is C17H29NO3. The van der Waals surface area contributed by atoms with Crippen molar-refractivity contribution in [1.29, 1.82) is 0 Å². The molecule has 1 rings (SSSR count). The van der Waals surface area contributed by atoms with Crippen molar-refractivity contribution < 1.29 is 14.6 Å². The minimum absolute atomic E-state index is 0.307. The fourth-order valence-corrected chi connectivity index (χ4v) is 1.85. The molecule has 120 valence electrons. The summed E-state index contributed by atoms with van der Waals surface area (Å²) < 4.78 is 11.1. The fraction of sp³-hybridized carbons (Fsp3) is 0.647. The molecule has 4 nitrogen and oxygen atoms in total. The first-order valence-corrected chi connectivity index (χ1v) is 7.74. The summed E-state index contributed by atoms with van der Waals surface area (Å²) in [5.41, 5.74) is 1.08. The molecule has 2 N–H and O–H groups in total. The van der Waals surface area contributed by atoms with Crippen LogP contribution < -0.4 is 10.1 Å². The van der Waals surface area contributed by atoms with Crippen LogP contribution in [0, 0.1) is 12.8 Å². The van der Waals surface area contributed by atoms with Crippen LogP contribution in [0.1, 0.15) is 25.8 Å². The average Bonchev–Trinajstić information content (AvgIpc) is 2.45. The van der Waals surface area contributed by atoms with E-state index in [1.165, 1.54) is 0 Å². The van der Waals surface area contributed by atoms with Crippen LogP contribution in [0.25, 0.3) is 0 Å². The summed E-state index contributed by atoms with van der Waals surface area (Å²) in [5.74, 6) is 1.41. The Bertz CT molecular complexity index is 382. The van der Waals surface area contributed by atoms with E-state index < -0.39 is 6.10 Å². The molecule has 21 heavy (non-hydrogen) atoms. The molecule has 0 aliphatic heterocycles. The van der Waals surface area contributed by atoms with Crippen molar-refractivity contribution in [2.75, 3.05) is 32.9 Å². The van der Waals surface area contributed by atoms with E-state index in [-0.39, 0.29) is 0 Å². The molecule has 0 amide bonds. The van der Waals surface area contributed by atoms with E-state index in [4.69, 9.17) is 9.47 Å². The van der Waals surface area contributed by atoms with Gasteiger partial charge in [0, 0.05) is 19.8 Å². The molecule has 0 aliphatic carbocycles. The van der Waals surface area contributed by atoms with E-state index in [0.717, 1.165) is 37.5 Å². The van der Waals surface area contributed by atoms with Gasteiger partial charge in [0.05, 0.1) is 0 Å². The molecule has 1 aromatic rings. The SMILES string of the molecule is Cc1ccccc1OCC(O)CNCCCOCC(C)C. The van der Waals surface area contributed by atoms with Crippen LogP contribution in [0.3, 0.4) is 0 Å². The summed E-state index contributed by atoms with van der Waals surface area (Å²) in [7, 11) is 0. The van der Waals surface area contributed by atoms with Crippen molar-refractivity contribution in [1.82, 2.24) is 5.32 Å². The summed E-state index contributed by atoms with van der Waals surface area (Å²) >= 11 is 0. The Hall–Kier alpha value is -1.10. The average molecular weight is 295 g/mol. The number of aliphatic hydroxyl groups is 1. The Morgan fingerprint density at radius 1 is 1.19 bits per heavy atom. The van der Waals surface area contributed by atoms with Crippen LogP contribution in [0.15, 0.2) is 24.3 Å². The van der Waals surface area contributed by atoms with E-state index in [2.05, 4.69) is 19.2 Å². The number of benzene rings is 1. The number of ether oxygens (including phenoxy) is 2. The van der Waals surface area contributed by atoms with Gasteiger partial charge in [-0.25, -0.2) is 0 Å². The zero-order chi connectivity index (χ0) is 15.5. The summed E-state index contributed by atoms with van der Waals surface area (Å²) in [4.78, 5) is 0. The molecule has 0 bridgehead atoms. The van der Waals surface area contributed by atoms with E-state index in [9.17, 15) is 5.11 Å². The lowest BCUT2D eigenvalue weighted by molar-refractivity contribution is 0.0979. The molecule has 1 unspecified atom stereocenters. The predicted octanol–water partition coefficient (Wildman–Crippen LogP) is 2.39. The molecule has 0 saturated carbocycles. The molecule has 0 radical (unpaired) electrons. The van der Waals surface area contributed by atoms with Gasteiger partial charge in [0.1, 0.15) is 18.5 Å². The highest BCUT2D eigenvalue weighted by molar-refractivity contribution is 5.31. The maximum atomic E-state index is 9.86. The normalized spacial score (nSPS) is 12.6. The standard InChI is InChI=1S/C17H29NO3/c1-14(2)12-20-10-6-9-18-11-16(19)13-21-17-8-5-4-7-15(17)3/h4-5,7-8,14,16,18-19H,6,9-13H2,1-3H3. The van der Waals surface area contributed by atoms with Gasteiger partial charge in [-0.3, -0.25) is 0 Å². The van der Waals surface area contributed by atoms with Crippen molar-refractivity contribution in [3.05, 3.63) is 29.8 Å². The number of hydrogen-bond donors (Lipinski definition) is 2. The Labute approximate surface area is 128 Å². The highest BCUT2D eigenvalue weighted by Crippen LogP contribution is 2.16. The van der Waals surface area contributed by atoms with E-state index in [1.807, 2.05) is 31.2 Å². The first kappa shape index (κ1) is 18.0. The van der Waals surface area contributed by atoms with Crippen LogP contribution in [0.2, 0.25) is 0 Å². The molecule has 0 heterocycles. The zero-order valence-corrected chi connectivity index (χ0v) is 13.5. The number of para-hydroxylation sites is 1. The van der Waals surface area contributed by atoms with Crippen molar-refractivity contribution in [2.45, 2.75) is 33.3 Å². The van der Waals surface area contributed by atoms with Crippen molar-refractivity contribution in [3.8, 4) is 5.75 Å². The lowest BCUT2D eigenvalue weighted by Gasteiger charge is -2.14. The Balaban J connectivity index is 2.01. The molecule has 0 fully saturated rings. The molecular weight excluding hydrogens is 266 g/mol. The second kappa shape index (κ2) is 10.6. The van der Waals surface area contributed by atoms with Gasteiger partial charge in [-0.1, -0.05) is 32.0 Å². The van der Waals surface area contributed by atoms with Gasteiger partial charge in [-0.15, -0.1) is 0 Å². The minimum Gasteiger partial charge on any atom is -0.491 e. The lowest BCUT2D eigenvalue weighted by Crippen LogP contribution is -2.32. The Morgan fingerprint density at radius 3 is 2.67 bits per heavy atom. The molecule has 0 spiro atoms. The van der Waals surface area contributed by atoms with Crippen LogP contribution >= 0.6 is 0 Å². The van der Waals surface area contributed by atoms with Crippen LogP contribution in [0.5, 0.6) is 5.75 Å². The zero-order valence-electron chi connectivity index (χ0n) is 13.5.